The molecule has 0 aliphatic heterocycles. The molecule has 1 aliphatic carbocycles. The van der Waals surface area contributed by atoms with E-state index in [-0.39, 0.29) is 5.41 Å². The van der Waals surface area contributed by atoms with Gasteiger partial charge in [0.25, 0.3) is 0 Å². The van der Waals surface area contributed by atoms with Crippen LogP contribution in [0.4, 0.5) is 11.4 Å². The monoisotopic (exact) mass is 757 g/mol. The smallest absolute Gasteiger partial charge is 0.0487 e. The molecule has 1 nitrogen and oxygen atoms in total. The molecule has 1 aliphatic rings. The lowest BCUT2D eigenvalue weighted by Gasteiger charge is -2.24. The molecule has 0 N–H and O–H groups in total. The third-order valence-corrected chi connectivity index (χ3v) is 12.5. The predicted molar refractivity (Wildman–Crippen MR) is 253 cm³/mol. The molecule has 284 valence electrons. The van der Waals surface area contributed by atoms with Gasteiger partial charge in [0.2, 0.25) is 0 Å². The fourth-order valence-electron chi connectivity index (χ4n) is 9.51. The number of hydrogen-bond donors (Lipinski definition) is 0. The highest BCUT2D eigenvalue weighted by molar-refractivity contribution is 6.21. The SMILES string of the molecule is CCc1ccccc1N(/C=C\Cc1ccc(-c2ccc3c(c2)C(C)(C)c2ccccc2-3)cc1)c1ccc(-c2c3ccccc3c(-c3ccccc3)c3ccccc23)cc1. The average molecular weight is 758 g/mol. The van der Waals surface area contributed by atoms with E-state index in [1.165, 1.54) is 94.0 Å². The molecule has 9 aromatic rings. The quantitative estimate of drug-likeness (QED) is 0.133. The van der Waals surface area contributed by atoms with Crippen molar-refractivity contribution < 1.29 is 0 Å². The summed E-state index contributed by atoms with van der Waals surface area (Å²) in [5, 5.41) is 5.08. The first-order valence-corrected chi connectivity index (χ1v) is 21.0. The molecule has 0 fully saturated rings. The van der Waals surface area contributed by atoms with E-state index in [4.69, 9.17) is 0 Å². The standard InChI is InChI=1S/C58H47N/c1-4-41-18-8-15-27-55(41)59(38-16-17-40-28-30-42(31-29-40)45-34-37-48-47-21-13-14-26-53(47)58(2,3)54(48)39-45)46-35-32-44(33-36-46)57-51-24-11-9-22-49(51)56(43-19-6-5-7-20-43)50-23-10-12-25-52(50)57/h5-16,18-39H,4,17H2,1-3H3/b38-16-. The lowest BCUT2D eigenvalue weighted by atomic mass is 9.81. The van der Waals surface area contributed by atoms with Gasteiger partial charge in [0.15, 0.2) is 0 Å². The minimum absolute atomic E-state index is 0.00778. The van der Waals surface area contributed by atoms with Gasteiger partial charge in [-0.1, -0.05) is 197 Å². The van der Waals surface area contributed by atoms with Crippen LogP contribution in [-0.2, 0) is 18.3 Å². The van der Waals surface area contributed by atoms with Gasteiger partial charge in [-0.25, -0.2) is 0 Å². The van der Waals surface area contributed by atoms with E-state index in [0.29, 0.717) is 0 Å². The minimum atomic E-state index is -0.00778. The fourth-order valence-corrected chi connectivity index (χ4v) is 9.51. The number of allylic oxidation sites excluding steroid dienone is 1. The Kier molecular flexibility index (Phi) is 9.30. The topological polar surface area (TPSA) is 3.24 Å². The Hall–Kier alpha value is -6.96. The number of hydrogen-bond acceptors (Lipinski definition) is 1. The van der Waals surface area contributed by atoms with Gasteiger partial charge in [-0.15, -0.1) is 0 Å². The van der Waals surface area contributed by atoms with Crippen LogP contribution in [0.2, 0.25) is 0 Å². The van der Waals surface area contributed by atoms with Gasteiger partial charge in [-0.2, -0.15) is 0 Å². The molecular weight excluding hydrogens is 711 g/mol. The second-order valence-electron chi connectivity index (χ2n) is 16.3. The number of nitrogens with zero attached hydrogens (tertiary/aromatic N) is 1. The molecule has 59 heavy (non-hydrogen) atoms. The van der Waals surface area contributed by atoms with E-state index in [1.807, 2.05) is 0 Å². The summed E-state index contributed by atoms with van der Waals surface area (Å²) >= 11 is 0. The van der Waals surface area contributed by atoms with Crippen molar-refractivity contribution in [3.63, 3.8) is 0 Å². The molecule has 0 heterocycles. The third kappa shape index (κ3) is 6.44. The van der Waals surface area contributed by atoms with E-state index in [2.05, 4.69) is 232 Å². The summed E-state index contributed by atoms with van der Waals surface area (Å²) in [6, 6.07) is 71.5. The van der Waals surface area contributed by atoms with Gasteiger partial charge < -0.3 is 4.90 Å². The molecule has 0 bridgehead atoms. The summed E-state index contributed by atoms with van der Waals surface area (Å²) in [5.74, 6) is 0. The highest BCUT2D eigenvalue weighted by Crippen LogP contribution is 2.49. The summed E-state index contributed by atoms with van der Waals surface area (Å²) in [4.78, 5) is 2.36. The zero-order chi connectivity index (χ0) is 39.9. The Morgan fingerprint density at radius 2 is 0.983 bits per heavy atom. The largest absolute Gasteiger partial charge is 0.317 e. The van der Waals surface area contributed by atoms with Crippen LogP contribution in [0.5, 0.6) is 0 Å². The molecule has 10 rings (SSSR count). The molecule has 0 amide bonds. The molecule has 0 spiro atoms. The van der Waals surface area contributed by atoms with Crippen LogP contribution in [-0.4, -0.2) is 0 Å². The Morgan fingerprint density at radius 3 is 1.64 bits per heavy atom. The Labute approximate surface area is 348 Å². The molecule has 1 heteroatoms. The van der Waals surface area contributed by atoms with E-state index in [0.717, 1.165) is 18.5 Å². The minimum Gasteiger partial charge on any atom is -0.317 e. The number of benzene rings is 9. The maximum Gasteiger partial charge on any atom is 0.0487 e. The van der Waals surface area contributed by atoms with Crippen molar-refractivity contribution >= 4 is 32.9 Å². The van der Waals surface area contributed by atoms with Crippen molar-refractivity contribution in [1.82, 2.24) is 0 Å². The second kappa shape index (κ2) is 15.1. The molecule has 0 saturated heterocycles. The summed E-state index contributed by atoms with van der Waals surface area (Å²) in [6.45, 7) is 6.94. The molecule has 0 unspecified atom stereocenters. The van der Waals surface area contributed by atoms with Gasteiger partial charge in [-0.05, 0) is 125 Å². The Bertz CT molecular complexity index is 2950. The summed E-state index contributed by atoms with van der Waals surface area (Å²) in [6.07, 6.45) is 6.35. The van der Waals surface area contributed by atoms with Crippen LogP contribution in [0.3, 0.4) is 0 Å². The van der Waals surface area contributed by atoms with Crippen LogP contribution in [0, 0.1) is 0 Å². The molecular formula is C58H47N. The van der Waals surface area contributed by atoms with Gasteiger partial charge in [0.05, 0.1) is 0 Å². The first-order chi connectivity index (χ1) is 29.0. The number of aryl methyl sites for hydroxylation is 1. The van der Waals surface area contributed by atoms with E-state index in [1.54, 1.807) is 0 Å². The van der Waals surface area contributed by atoms with Crippen molar-refractivity contribution in [2.45, 2.75) is 39.0 Å². The molecule has 0 atom stereocenters. The van der Waals surface area contributed by atoms with Gasteiger partial charge in [0.1, 0.15) is 0 Å². The number of fused-ring (bicyclic) bond motifs is 5. The highest BCUT2D eigenvalue weighted by atomic mass is 15.1. The van der Waals surface area contributed by atoms with Crippen molar-refractivity contribution in [2.24, 2.45) is 0 Å². The van der Waals surface area contributed by atoms with Gasteiger partial charge in [-0.3, -0.25) is 0 Å². The fraction of sp³-hybridized carbons (Fsp3) is 0.103. The average Bonchev–Trinajstić information content (AvgIpc) is 3.52. The van der Waals surface area contributed by atoms with Crippen LogP contribution >= 0.6 is 0 Å². The zero-order valence-corrected chi connectivity index (χ0v) is 34.0. The number of anilines is 2. The van der Waals surface area contributed by atoms with E-state index < -0.39 is 0 Å². The van der Waals surface area contributed by atoms with Crippen LogP contribution in [0.25, 0.3) is 66.1 Å². The number of rotatable bonds is 9. The second-order valence-corrected chi connectivity index (χ2v) is 16.3. The predicted octanol–water partition coefficient (Wildman–Crippen LogP) is 15.8. The highest BCUT2D eigenvalue weighted by Gasteiger charge is 2.35. The maximum atomic E-state index is 2.41. The Morgan fingerprint density at radius 1 is 0.458 bits per heavy atom. The summed E-state index contributed by atoms with van der Waals surface area (Å²) < 4.78 is 0. The summed E-state index contributed by atoms with van der Waals surface area (Å²) in [7, 11) is 0. The van der Waals surface area contributed by atoms with E-state index >= 15 is 0 Å². The molecule has 9 aromatic carbocycles. The Balaban J connectivity index is 0.962. The molecule has 0 radical (unpaired) electrons. The molecule has 0 aromatic heterocycles. The van der Waals surface area contributed by atoms with Crippen molar-refractivity contribution in [3.05, 3.63) is 229 Å². The van der Waals surface area contributed by atoms with Crippen molar-refractivity contribution in [2.75, 3.05) is 4.90 Å². The third-order valence-electron chi connectivity index (χ3n) is 12.5. The van der Waals surface area contributed by atoms with E-state index in [9.17, 15) is 0 Å². The van der Waals surface area contributed by atoms with Gasteiger partial charge in [0, 0.05) is 23.0 Å². The first kappa shape index (κ1) is 36.4. The van der Waals surface area contributed by atoms with Crippen LogP contribution < -0.4 is 4.90 Å². The lowest BCUT2D eigenvalue weighted by molar-refractivity contribution is 0.660. The van der Waals surface area contributed by atoms with Crippen molar-refractivity contribution in [3.8, 4) is 44.5 Å². The molecule has 0 saturated carbocycles. The summed E-state index contributed by atoms with van der Waals surface area (Å²) in [5.41, 5.74) is 18.0. The van der Waals surface area contributed by atoms with Crippen molar-refractivity contribution in [1.29, 1.82) is 0 Å². The van der Waals surface area contributed by atoms with Crippen LogP contribution in [0.15, 0.2) is 206 Å². The lowest BCUT2D eigenvalue weighted by Crippen LogP contribution is -2.14. The maximum absolute atomic E-state index is 2.41. The normalized spacial score (nSPS) is 12.9. The first-order valence-electron chi connectivity index (χ1n) is 21.0. The number of para-hydroxylation sites is 1. The van der Waals surface area contributed by atoms with Crippen LogP contribution in [0.1, 0.15) is 43.0 Å². The van der Waals surface area contributed by atoms with Gasteiger partial charge >= 0.3 is 0 Å². The zero-order valence-electron chi connectivity index (χ0n) is 34.0.